The molecule has 1 atom stereocenters. The van der Waals surface area contributed by atoms with Crippen molar-refractivity contribution in [1.29, 1.82) is 0 Å². The van der Waals surface area contributed by atoms with E-state index in [9.17, 15) is 17.4 Å². The highest BCUT2D eigenvalue weighted by atomic mass is 32.2. The van der Waals surface area contributed by atoms with Gasteiger partial charge in [-0.2, -0.15) is 13.2 Å². The Morgan fingerprint density at radius 3 is 2.72 bits per heavy atom. The molecule has 0 aliphatic rings. The van der Waals surface area contributed by atoms with Gasteiger partial charge in [0, 0.05) is 22.7 Å². The van der Waals surface area contributed by atoms with Crippen LogP contribution in [-0.2, 0) is 16.6 Å². The summed E-state index contributed by atoms with van der Waals surface area (Å²) in [6.07, 6.45) is -3.06. The molecule has 4 nitrogen and oxygen atoms in total. The number of fused-ring (bicyclic) bond motifs is 1. The highest BCUT2D eigenvalue weighted by Crippen LogP contribution is 2.25. The topological polar surface area (TPSA) is 55.0 Å². The molecule has 1 aromatic carbocycles. The number of H-pyrrole nitrogens is 1. The van der Waals surface area contributed by atoms with Gasteiger partial charge >= 0.3 is 6.18 Å². The molecule has 3 rings (SSSR count). The fourth-order valence-electron chi connectivity index (χ4n) is 2.39. The Kier molecular flexibility index (Phi) is 4.80. The van der Waals surface area contributed by atoms with Crippen LogP contribution < -0.4 is 4.74 Å². The summed E-state index contributed by atoms with van der Waals surface area (Å²) in [6.45, 7) is 0.235. The van der Waals surface area contributed by atoms with E-state index >= 15 is 0 Å². The molecule has 8 heteroatoms. The number of aromatic amines is 1. The molecule has 0 bridgehead atoms. The number of nitrogens with one attached hydrogen (secondary N) is 1. The summed E-state index contributed by atoms with van der Waals surface area (Å²) < 4.78 is 54.3. The van der Waals surface area contributed by atoms with E-state index in [0.717, 1.165) is 10.9 Å². The van der Waals surface area contributed by atoms with Gasteiger partial charge in [-0.15, -0.1) is 0 Å². The van der Waals surface area contributed by atoms with Crippen molar-refractivity contribution in [2.45, 2.75) is 23.9 Å². The Bertz CT molecular complexity index is 889. The summed E-state index contributed by atoms with van der Waals surface area (Å²) in [5.74, 6) is 0.179. The summed E-state index contributed by atoms with van der Waals surface area (Å²) in [5, 5.41) is 1.49. The first-order chi connectivity index (χ1) is 11.8. The van der Waals surface area contributed by atoms with Gasteiger partial charge in [0.25, 0.3) is 0 Å². The van der Waals surface area contributed by atoms with Crippen molar-refractivity contribution >= 4 is 21.7 Å². The Hall–Kier alpha value is -2.35. The van der Waals surface area contributed by atoms with E-state index in [1.165, 1.54) is 12.3 Å². The van der Waals surface area contributed by atoms with Gasteiger partial charge in [-0.1, -0.05) is 18.2 Å². The van der Waals surface area contributed by atoms with Crippen molar-refractivity contribution in [3.05, 3.63) is 53.9 Å². The molecule has 0 amide bonds. The largest absolute Gasteiger partial charge is 0.484 e. The zero-order valence-electron chi connectivity index (χ0n) is 13.3. The average molecular weight is 368 g/mol. The maximum absolute atomic E-state index is 12.6. The minimum Gasteiger partial charge on any atom is -0.484 e. The number of alkyl halides is 3. The first kappa shape index (κ1) is 17.5. The molecule has 25 heavy (non-hydrogen) atoms. The molecule has 2 aromatic heterocycles. The van der Waals surface area contributed by atoms with Gasteiger partial charge in [0.15, 0.2) is 6.61 Å². The smallest absolute Gasteiger partial charge is 0.422 e. The Morgan fingerprint density at radius 1 is 1.24 bits per heavy atom. The van der Waals surface area contributed by atoms with Crippen molar-refractivity contribution in [1.82, 2.24) is 9.97 Å². The lowest BCUT2D eigenvalue weighted by Gasteiger charge is -2.13. The van der Waals surface area contributed by atoms with Crippen LogP contribution in [0.3, 0.4) is 0 Å². The first-order valence-electron chi connectivity index (χ1n) is 7.43. The van der Waals surface area contributed by atoms with Crippen LogP contribution in [0.25, 0.3) is 10.9 Å². The van der Waals surface area contributed by atoms with Crippen LogP contribution in [0.1, 0.15) is 11.3 Å². The fourth-order valence-corrected chi connectivity index (χ4v) is 3.57. The molecule has 0 aliphatic carbocycles. The van der Waals surface area contributed by atoms with Gasteiger partial charge in [-0.25, -0.2) is 0 Å². The van der Waals surface area contributed by atoms with E-state index < -0.39 is 23.6 Å². The summed E-state index contributed by atoms with van der Waals surface area (Å²) >= 11 is 0. The number of nitrogens with zero attached hydrogens (tertiary/aromatic N) is 1. The lowest BCUT2D eigenvalue weighted by Crippen LogP contribution is -2.19. The van der Waals surface area contributed by atoms with Crippen molar-refractivity contribution in [2.24, 2.45) is 0 Å². The van der Waals surface area contributed by atoms with Gasteiger partial charge in [0.05, 0.1) is 22.2 Å². The molecular weight excluding hydrogens is 353 g/mol. The maximum atomic E-state index is 12.6. The second-order valence-corrected chi connectivity index (χ2v) is 6.91. The third-order valence-electron chi connectivity index (χ3n) is 3.67. The monoisotopic (exact) mass is 368 g/mol. The number of halogens is 3. The molecular formula is C17H15F3N2O2S. The molecule has 0 aliphatic heterocycles. The summed E-state index contributed by atoms with van der Waals surface area (Å²) in [4.78, 5) is 7.22. The van der Waals surface area contributed by atoms with Crippen LogP contribution in [0.4, 0.5) is 13.2 Å². The molecule has 0 saturated carbocycles. The first-order valence-corrected chi connectivity index (χ1v) is 8.75. The van der Waals surface area contributed by atoms with Crippen LogP contribution in [0, 0.1) is 6.92 Å². The van der Waals surface area contributed by atoms with Crippen molar-refractivity contribution in [2.75, 3.05) is 6.61 Å². The zero-order valence-corrected chi connectivity index (χ0v) is 14.1. The van der Waals surface area contributed by atoms with Crippen LogP contribution in [-0.4, -0.2) is 27.0 Å². The Morgan fingerprint density at radius 2 is 2.00 bits per heavy atom. The normalized spacial score (nSPS) is 13.1. The molecule has 0 spiro atoms. The highest BCUT2D eigenvalue weighted by Gasteiger charge is 2.29. The number of rotatable bonds is 5. The summed E-state index contributed by atoms with van der Waals surface area (Å²) in [7, 11) is -1.40. The van der Waals surface area contributed by atoms with Crippen LogP contribution in [0.5, 0.6) is 5.75 Å². The number of benzene rings is 1. The number of aromatic nitrogens is 2. The summed E-state index contributed by atoms with van der Waals surface area (Å²) in [6, 6.07) is 10.7. The summed E-state index contributed by atoms with van der Waals surface area (Å²) in [5.41, 5.74) is 1.77. The van der Waals surface area contributed by atoms with Gasteiger partial charge in [-0.05, 0) is 25.1 Å². The molecule has 0 saturated heterocycles. The van der Waals surface area contributed by atoms with E-state index in [4.69, 9.17) is 4.74 Å². The predicted molar refractivity (Wildman–Crippen MR) is 88.9 cm³/mol. The molecule has 3 aromatic rings. The van der Waals surface area contributed by atoms with Gasteiger partial charge in [0.2, 0.25) is 0 Å². The third kappa shape index (κ3) is 4.19. The lowest BCUT2D eigenvalue weighted by molar-refractivity contribution is -0.153. The number of hydrogen-bond donors (Lipinski definition) is 1. The van der Waals surface area contributed by atoms with E-state index in [1.807, 2.05) is 24.3 Å². The van der Waals surface area contributed by atoms with Crippen molar-refractivity contribution in [3.63, 3.8) is 0 Å². The zero-order chi connectivity index (χ0) is 18.0. The Balaban J connectivity index is 1.79. The SMILES string of the molecule is Cc1c(OCC(F)(F)F)ccnc1CS(=O)c1cc2ccccc2[nH]1. The number of para-hydroxylation sites is 1. The maximum Gasteiger partial charge on any atom is 0.422 e. The molecule has 1 N–H and O–H groups in total. The van der Waals surface area contributed by atoms with E-state index in [1.54, 1.807) is 13.0 Å². The van der Waals surface area contributed by atoms with Crippen LogP contribution >= 0.6 is 0 Å². The fraction of sp³-hybridized carbons (Fsp3) is 0.235. The van der Waals surface area contributed by atoms with Crippen LogP contribution in [0.15, 0.2) is 47.6 Å². The second kappa shape index (κ2) is 6.87. The second-order valence-electron chi connectivity index (χ2n) is 5.50. The van der Waals surface area contributed by atoms with Crippen molar-refractivity contribution in [3.8, 4) is 5.75 Å². The lowest BCUT2D eigenvalue weighted by atomic mass is 10.2. The van der Waals surface area contributed by atoms with Crippen molar-refractivity contribution < 1.29 is 22.1 Å². The average Bonchev–Trinajstić information content (AvgIpc) is 2.99. The number of pyridine rings is 1. The van der Waals surface area contributed by atoms with E-state index in [-0.39, 0.29) is 11.5 Å². The van der Waals surface area contributed by atoms with Gasteiger partial charge < -0.3 is 9.72 Å². The highest BCUT2D eigenvalue weighted by molar-refractivity contribution is 7.84. The van der Waals surface area contributed by atoms with Gasteiger partial charge in [-0.3, -0.25) is 9.19 Å². The van der Waals surface area contributed by atoms with E-state index in [2.05, 4.69) is 9.97 Å². The molecule has 0 fully saturated rings. The van der Waals surface area contributed by atoms with Gasteiger partial charge in [0.1, 0.15) is 10.8 Å². The third-order valence-corrected chi connectivity index (χ3v) is 4.91. The number of ether oxygens (including phenoxy) is 1. The van der Waals surface area contributed by atoms with E-state index in [0.29, 0.717) is 16.3 Å². The molecule has 2 heterocycles. The minimum atomic E-state index is -4.41. The molecule has 132 valence electrons. The Labute approximate surface area is 144 Å². The molecule has 1 unspecified atom stereocenters. The standard InChI is InChI=1S/C17H15F3N2O2S/c1-11-14(21-7-6-15(11)24-10-17(18,19)20)9-25(23)16-8-12-4-2-3-5-13(12)22-16/h2-8,22H,9-10H2,1H3. The van der Waals surface area contributed by atoms with Crippen LogP contribution in [0.2, 0.25) is 0 Å². The quantitative estimate of drug-likeness (QED) is 0.737. The number of hydrogen-bond acceptors (Lipinski definition) is 3. The predicted octanol–water partition coefficient (Wildman–Crippen LogP) is 4.12. The molecule has 0 radical (unpaired) electrons. The minimum absolute atomic E-state index is 0.0852.